The Hall–Kier alpha value is -4.55. The first-order valence-electron chi connectivity index (χ1n) is 11.7. The number of aryl methyl sites for hydroxylation is 1. The van der Waals surface area contributed by atoms with Gasteiger partial charge in [0.2, 0.25) is 0 Å². The number of nitrogens with zero attached hydrogens (tertiary/aromatic N) is 2. The van der Waals surface area contributed by atoms with E-state index >= 15 is 0 Å². The third kappa shape index (κ3) is 4.74. The molecule has 4 aromatic carbocycles. The average Bonchev–Trinajstić information content (AvgIpc) is 3.19. The second-order valence-electron chi connectivity index (χ2n) is 8.66. The molecule has 0 amide bonds. The molecule has 3 nitrogen and oxygen atoms in total. The van der Waals surface area contributed by atoms with Crippen molar-refractivity contribution in [2.45, 2.75) is 20.5 Å². The highest BCUT2D eigenvalue weighted by atomic mass is 16.5. The SMILES string of the molecule is Cc1cc(/C=C(/C#N)c2ccc3ccccc3c2)c(C)n1-c1ccc(OCc2ccccc2)cc1. The molecular formula is C32H26N2O. The minimum Gasteiger partial charge on any atom is -0.489 e. The first kappa shape index (κ1) is 22.3. The van der Waals surface area contributed by atoms with Crippen molar-refractivity contribution >= 4 is 22.4 Å². The molecule has 0 unspecified atom stereocenters. The first-order chi connectivity index (χ1) is 17.1. The third-order valence-corrected chi connectivity index (χ3v) is 6.29. The van der Waals surface area contributed by atoms with Gasteiger partial charge in [-0.1, -0.05) is 66.7 Å². The lowest BCUT2D eigenvalue weighted by molar-refractivity contribution is 0.306. The topological polar surface area (TPSA) is 38.0 Å². The summed E-state index contributed by atoms with van der Waals surface area (Å²) in [5, 5.41) is 12.2. The van der Waals surface area contributed by atoms with Crippen molar-refractivity contribution in [2.24, 2.45) is 0 Å². The zero-order chi connectivity index (χ0) is 24.2. The summed E-state index contributed by atoms with van der Waals surface area (Å²) in [6.45, 7) is 4.72. The van der Waals surface area contributed by atoms with Gasteiger partial charge in [0, 0.05) is 17.1 Å². The van der Waals surface area contributed by atoms with E-state index in [2.05, 4.69) is 79.1 Å². The molecule has 0 saturated heterocycles. The van der Waals surface area contributed by atoms with Crippen LogP contribution in [0.15, 0.2) is 103 Å². The lowest BCUT2D eigenvalue weighted by Crippen LogP contribution is -2.00. The van der Waals surface area contributed by atoms with Gasteiger partial charge in [0.05, 0.1) is 11.6 Å². The van der Waals surface area contributed by atoms with Gasteiger partial charge >= 0.3 is 0 Å². The maximum Gasteiger partial charge on any atom is 0.119 e. The summed E-state index contributed by atoms with van der Waals surface area (Å²) >= 11 is 0. The normalized spacial score (nSPS) is 11.4. The number of hydrogen-bond donors (Lipinski definition) is 0. The average molecular weight is 455 g/mol. The van der Waals surface area contributed by atoms with E-state index in [-0.39, 0.29) is 0 Å². The first-order valence-corrected chi connectivity index (χ1v) is 11.7. The third-order valence-electron chi connectivity index (χ3n) is 6.29. The van der Waals surface area contributed by atoms with Crippen LogP contribution in [0.4, 0.5) is 0 Å². The summed E-state index contributed by atoms with van der Waals surface area (Å²) in [5.74, 6) is 0.836. The largest absolute Gasteiger partial charge is 0.489 e. The van der Waals surface area contributed by atoms with Crippen LogP contribution < -0.4 is 4.74 Å². The molecule has 0 saturated carbocycles. The van der Waals surface area contributed by atoms with E-state index in [4.69, 9.17) is 4.74 Å². The van der Waals surface area contributed by atoms with Crippen LogP contribution in [0.2, 0.25) is 0 Å². The monoisotopic (exact) mass is 454 g/mol. The van der Waals surface area contributed by atoms with Crippen molar-refractivity contribution in [1.29, 1.82) is 5.26 Å². The molecule has 0 spiro atoms. The van der Waals surface area contributed by atoms with Crippen LogP contribution in [-0.2, 0) is 6.61 Å². The Morgan fingerprint density at radius 2 is 1.54 bits per heavy atom. The van der Waals surface area contributed by atoms with E-state index < -0.39 is 0 Å². The molecule has 0 atom stereocenters. The molecule has 5 rings (SSSR count). The number of fused-ring (bicyclic) bond motifs is 1. The van der Waals surface area contributed by atoms with Crippen LogP contribution in [0.1, 0.15) is 28.1 Å². The predicted molar refractivity (Wildman–Crippen MR) is 143 cm³/mol. The van der Waals surface area contributed by atoms with Crippen molar-refractivity contribution in [1.82, 2.24) is 4.57 Å². The molecule has 0 aliphatic heterocycles. The molecule has 0 N–H and O–H groups in total. The molecule has 5 aromatic rings. The molecule has 35 heavy (non-hydrogen) atoms. The van der Waals surface area contributed by atoms with E-state index in [0.29, 0.717) is 12.2 Å². The summed E-state index contributed by atoms with van der Waals surface area (Å²) < 4.78 is 8.15. The lowest BCUT2D eigenvalue weighted by Gasteiger charge is -2.12. The maximum absolute atomic E-state index is 9.92. The minimum absolute atomic E-state index is 0.544. The summed E-state index contributed by atoms with van der Waals surface area (Å²) in [6, 6.07) is 37.2. The number of ether oxygens (including phenoxy) is 1. The molecule has 0 bridgehead atoms. The number of hydrogen-bond acceptors (Lipinski definition) is 2. The highest BCUT2D eigenvalue weighted by Crippen LogP contribution is 2.28. The van der Waals surface area contributed by atoms with E-state index in [1.807, 2.05) is 54.6 Å². The Bertz CT molecular complexity index is 1550. The summed E-state index contributed by atoms with van der Waals surface area (Å²) in [5.41, 5.74) is 7.03. The molecule has 0 radical (unpaired) electrons. The fourth-order valence-electron chi connectivity index (χ4n) is 4.46. The number of rotatable bonds is 6. The highest BCUT2D eigenvalue weighted by Gasteiger charge is 2.12. The van der Waals surface area contributed by atoms with Gasteiger partial charge in [0.25, 0.3) is 0 Å². The van der Waals surface area contributed by atoms with Gasteiger partial charge in [-0.3, -0.25) is 0 Å². The summed E-state index contributed by atoms with van der Waals surface area (Å²) in [4.78, 5) is 0. The molecule has 0 aliphatic carbocycles. The van der Waals surface area contributed by atoms with Crippen LogP contribution in [0.25, 0.3) is 28.1 Å². The van der Waals surface area contributed by atoms with Crippen molar-refractivity contribution in [2.75, 3.05) is 0 Å². The molecule has 170 valence electrons. The smallest absolute Gasteiger partial charge is 0.119 e. The van der Waals surface area contributed by atoms with Crippen molar-refractivity contribution in [3.8, 4) is 17.5 Å². The van der Waals surface area contributed by atoms with Crippen molar-refractivity contribution in [3.05, 3.63) is 131 Å². The Balaban J connectivity index is 1.41. The number of benzene rings is 4. The fourth-order valence-corrected chi connectivity index (χ4v) is 4.46. The van der Waals surface area contributed by atoms with Crippen molar-refractivity contribution in [3.63, 3.8) is 0 Å². The van der Waals surface area contributed by atoms with Gasteiger partial charge in [0.1, 0.15) is 12.4 Å². The molecule has 0 fully saturated rings. The Labute approximate surface area is 206 Å². The maximum atomic E-state index is 9.92. The quantitative estimate of drug-likeness (QED) is 0.245. The fraction of sp³-hybridized carbons (Fsp3) is 0.0938. The van der Waals surface area contributed by atoms with Gasteiger partial charge in [-0.05, 0) is 83.8 Å². The summed E-state index contributed by atoms with van der Waals surface area (Å²) in [6.07, 6.45) is 1.99. The van der Waals surface area contributed by atoms with E-state index in [0.717, 1.165) is 44.9 Å². The Morgan fingerprint density at radius 3 is 2.29 bits per heavy atom. The van der Waals surface area contributed by atoms with Gasteiger partial charge in [-0.25, -0.2) is 0 Å². The number of aromatic nitrogens is 1. The second kappa shape index (κ2) is 9.75. The van der Waals surface area contributed by atoms with E-state index in [1.165, 1.54) is 5.39 Å². The Morgan fingerprint density at radius 1 is 0.829 bits per heavy atom. The molecular weight excluding hydrogens is 428 g/mol. The van der Waals surface area contributed by atoms with Crippen molar-refractivity contribution < 1.29 is 4.74 Å². The highest BCUT2D eigenvalue weighted by molar-refractivity contribution is 5.94. The van der Waals surface area contributed by atoms with Gasteiger partial charge < -0.3 is 9.30 Å². The van der Waals surface area contributed by atoms with E-state index in [9.17, 15) is 5.26 Å². The minimum atomic E-state index is 0.544. The van der Waals surface area contributed by atoms with Crippen LogP contribution >= 0.6 is 0 Å². The van der Waals surface area contributed by atoms with Crippen LogP contribution in [0.5, 0.6) is 5.75 Å². The zero-order valence-corrected chi connectivity index (χ0v) is 19.9. The predicted octanol–water partition coefficient (Wildman–Crippen LogP) is 7.89. The lowest BCUT2D eigenvalue weighted by atomic mass is 10.0. The molecule has 0 aliphatic rings. The van der Waals surface area contributed by atoms with Gasteiger partial charge in [-0.2, -0.15) is 5.26 Å². The van der Waals surface area contributed by atoms with E-state index in [1.54, 1.807) is 0 Å². The Kier molecular flexibility index (Phi) is 6.20. The van der Waals surface area contributed by atoms with Gasteiger partial charge in [-0.15, -0.1) is 0 Å². The van der Waals surface area contributed by atoms with Crippen LogP contribution in [0, 0.1) is 25.2 Å². The standard InChI is InChI=1S/C32H26N2O/c1-23-18-29(20-30(21-33)28-13-12-26-10-6-7-11-27(26)19-28)24(2)34(23)31-14-16-32(17-15-31)35-22-25-8-4-3-5-9-25/h3-20H,22H2,1-2H3/b30-20-. The van der Waals surface area contributed by atoms with Crippen LogP contribution in [-0.4, -0.2) is 4.57 Å². The second-order valence-corrected chi connectivity index (χ2v) is 8.66. The molecule has 3 heteroatoms. The number of allylic oxidation sites excluding steroid dienone is 1. The molecule has 1 aromatic heterocycles. The number of nitriles is 1. The molecule has 1 heterocycles. The van der Waals surface area contributed by atoms with Crippen LogP contribution in [0.3, 0.4) is 0 Å². The van der Waals surface area contributed by atoms with Gasteiger partial charge in [0.15, 0.2) is 0 Å². The zero-order valence-electron chi connectivity index (χ0n) is 19.9. The summed E-state index contributed by atoms with van der Waals surface area (Å²) in [7, 11) is 0.